The standard InChI is InChI=1S/C15H23BrN2/c1-15(2)10-12(11-17-3)8-9-18(15)14-7-5-4-6-13(14)16/h4-7,12,17H,8-11H2,1-3H3. The largest absolute Gasteiger partial charge is 0.365 e. The lowest BCUT2D eigenvalue weighted by Gasteiger charge is -2.47. The first kappa shape index (κ1) is 13.9. The summed E-state index contributed by atoms with van der Waals surface area (Å²) in [4.78, 5) is 2.54. The fourth-order valence-corrected chi connectivity index (χ4v) is 3.61. The summed E-state index contributed by atoms with van der Waals surface area (Å²) in [5.41, 5.74) is 1.55. The molecule has 1 aromatic rings. The van der Waals surface area contributed by atoms with Gasteiger partial charge in [-0.15, -0.1) is 0 Å². The number of hydrogen-bond acceptors (Lipinski definition) is 2. The molecule has 0 saturated carbocycles. The van der Waals surface area contributed by atoms with E-state index < -0.39 is 0 Å². The molecule has 3 heteroatoms. The second kappa shape index (κ2) is 5.62. The Balaban J connectivity index is 2.18. The average molecular weight is 311 g/mol. The van der Waals surface area contributed by atoms with Crippen LogP contribution in [0, 0.1) is 5.92 Å². The number of rotatable bonds is 3. The lowest BCUT2D eigenvalue weighted by atomic mass is 9.82. The molecule has 1 atom stereocenters. The van der Waals surface area contributed by atoms with Crippen molar-refractivity contribution in [2.24, 2.45) is 5.92 Å². The molecular formula is C15H23BrN2. The van der Waals surface area contributed by atoms with E-state index in [1.165, 1.54) is 23.0 Å². The Morgan fingerprint density at radius 3 is 2.72 bits per heavy atom. The van der Waals surface area contributed by atoms with E-state index in [4.69, 9.17) is 0 Å². The molecule has 2 rings (SSSR count). The van der Waals surface area contributed by atoms with Crippen molar-refractivity contribution in [3.8, 4) is 0 Å². The minimum absolute atomic E-state index is 0.226. The van der Waals surface area contributed by atoms with Crippen molar-refractivity contribution in [2.75, 3.05) is 25.0 Å². The number of para-hydroxylation sites is 1. The van der Waals surface area contributed by atoms with Gasteiger partial charge in [-0.05, 0) is 74.3 Å². The van der Waals surface area contributed by atoms with Gasteiger partial charge in [0.2, 0.25) is 0 Å². The lowest BCUT2D eigenvalue weighted by Crippen LogP contribution is -2.51. The van der Waals surface area contributed by atoms with Gasteiger partial charge in [-0.3, -0.25) is 0 Å². The highest BCUT2D eigenvalue weighted by Gasteiger charge is 2.35. The van der Waals surface area contributed by atoms with Crippen LogP contribution in [0.4, 0.5) is 5.69 Å². The maximum absolute atomic E-state index is 3.68. The molecule has 18 heavy (non-hydrogen) atoms. The zero-order chi connectivity index (χ0) is 13.2. The first-order valence-corrected chi connectivity index (χ1v) is 7.50. The van der Waals surface area contributed by atoms with Crippen LogP contribution < -0.4 is 10.2 Å². The van der Waals surface area contributed by atoms with E-state index in [2.05, 4.69) is 64.3 Å². The van der Waals surface area contributed by atoms with Gasteiger partial charge in [0.15, 0.2) is 0 Å². The Morgan fingerprint density at radius 1 is 1.39 bits per heavy atom. The average Bonchev–Trinajstić information content (AvgIpc) is 2.30. The molecule has 0 bridgehead atoms. The maximum Gasteiger partial charge on any atom is 0.0515 e. The highest BCUT2D eigenvalue weighted by Crippen LogP contribution is 2.38. The normalized spacial score (nSPS) is 23.1. The van der Waals surface area contributed by atoms with E-state index in [0.29, 0.717) is 0 Å². The minimum Gasteiger partial charge on any atom is -0.365 e. The summed E-state index contributed by atoms with van der Waals surface area (Å²) in [5, 5.41) is 3.31. The van der Waals surface area contributed by atoms with Gasteiger partial charge in [-0.2, -0.15) is 0 Å². The molecular weight excluding hydrogens is 288 g/mol. The minimum atomic E-state index is 0.226. The summed E-state index contributed by atoms with van der Waals surface area (Å²) in [5.74, 6) is 0.795. The Hall–Kier alpha value is -0.540. The first-order chi connectivity index (χ1) is 8.54. The topological polar surface area (TPSA) is 15.3 Å². The summed E-state index contributed by atoms with van der Waals surface area (Å²) < 4.78 is 1.20. The molecule has 1 aliphatic heterocycles. The second-order valence-corrected chi connectivity index (χ2v) is 6.69. The van der Waals surface area contributed by atoms with Gasteiger partial charge in [0.1, 0.15) is 0 Å². The van der Waals surface area contributed by atoms with Crippen LogP contribution in [0.3, 0.4) is 0 Å². The van der Waals surface area contributed by atoms with Gasteiger partial charge in [0.05, 0.1) is 5.69 Å². The molecule has 0 amide bonds. The van der Waals surface area contributed by atoms with E-state index in [9.17, 15) is 0 Å². The number of benzene rings is 1. The zero-order valence-electron chi connectivity index (χ0n) is 11.5. The van der Waals surface area contributed by atoms with Crippen LogP contribution in [-0.2, 0) is 0 Å². The van der Waals surface area contributed by atoms with Crippen LogP contribution >= 0.6 is 15.9 Å². The molecule has 0 aromatic heterocycles. The number of anilines is 1. The van der Waals surface area contributed by atoms with Gasteiger partial charge in [-0.25, -0.2) is 0 Å². The van der Waals surface area contributed by atoms with Crippen molar-refractivity contribution < 1.29 is 0 Å². The van der Waals surface area contributed by atoms with Crippen molar-refractivity contribution in [2.45, 2.75) is 32.2 Å². The molecule has 1 fully saturated rings. The van der Waals surface area contributed by atoms with Gasteiger partial charge in [0.25, 0.3) is 0 Å². The van der Waals surface area contributed by atoms with Crippen LogP contribution in [0.25, 0.3) is 0 Å². The van der Waals surface area contributed by atoms with Crippen LogP contribution in [0.5, 0.6) is 0 Å². The van der Waals surface area contributed by atoms with Gasteiger partial charge in [-0.1, -0.05) is 12.1 Å². The fraction of sp³-hybridized carbons (Fsp3) is 0.600. The third kappa shape index (κ3) is 2.89. The SMILES string of the molecule is CNCC1CCN(c2ccccc2Br)C(C)(C)C1. The number of halogens is 1. The Kier molecular flexibility index (Phi) is 4.33. The number of nitrogens with one attached hydrogen (secondary N) is 1. The Labute approximate surface area is 119 Å². The summed E-state index contributed by atoms with van der Waals surface area (Å²) in [6, 6.07) is 8.54. The molecule has 1 N–H and O–H groups in total. The van der Waals surface area contributed by atoms with Crippen LogP contribution in [-0.4, -0.2) is 25.7 Å². The maximum atomic E-state index is 3.68. The van der Waals surface area contributed by atoms with Gasteiger partial charge < -0.3 is 10.2 Å². The van der Waals surface area contributed by atoms with Crippen molar-refractivity contribution in [3.63, 3.8) is 0 Å². The summed E-state index contributed by atoms with van der Waals surface area (Å²) in [6.45, 7) is 6.98. The molecule has 2 nitrogen and oxygen atoms in total. The molecule has 1 aliphatic rings. The lowest BCUT2D eigenvalue weighted by molar-refractivity contribution is 0.270. The molecule has 1 saturated heterocycles. The predicted octanol–water partition coefficient (Wildman–Crippen LogP) is 3.66. The molecule has 1 aromatic carbocycles. The van der Waals surface area contributed by atoms with Gasteiger partial charge in [0, 0.05) is 16.6 Å². The highest BCUT2D eigenvalue weighted by molar-refractivity contribution is 9.10. The molecule has 1 heterocycles. The molecule has 0 spiro atoms. The van der Waals surface area contributed by atoms with E-state index in [1.54, 1.807) is 0 Å². The highest BCUT2D eigenvalue weighted by atomic mass is 79.9. The second-order valence-electron chi connectivity index (χ2n) is 5.83. The monoisotopic (exact) mass is 310 g/mol. The summed E-state index contributed by atoms with van der Waals surface area (Å²) >= 11 is 3.68. The molecule has 100 valence electrons. The van der Waals surface area contributed by atoms with Crippen molar-refractivity contribution in [3.05, 3.63) is 28.7 Å². The van der Waals surface area contributed by atoms with E-state index >= 15 is 0 Å². The zero-order valence-corrected chi connectivity index (χ0v) is 13.1. The first-order valence-electron chi connectivity index (χ1n) is 6.71. The Bertz CT molecular complexity index is 403. The number of piperidine rings is 1. The van der Waals surface area contributed by atoms with Gasteiger partial charge >= 0.3 is 0 Å². The smallest absolute Gasteiger partial charge is 0.0515 e. The Morgan fingerprint density at radius 2 is 2.11 bits per heavy atom. The summed E-state index contributed by atoms with van der Waals surface area (Å²) in [6.07, 6.45) is 2.51. The van der Waals surface area contributed by atoms with Crippen molar-refractivity contribution >= 4 is 21.6 Å². The predicted molar refractivity (Wildman–Crippen MR) is 82.2 cm³/mol. The number of nitrogens with zero attached hydrogens (tertiary/aromatic N) is 1. The van der Waals surface area contributed by atoms with E-state index in [0.717, 1.165) is 19.0 Å². The van der Waals surface area contributed by atoms with E-state index in [1.807, 2.05) is 7.05 Å². The number of hydrogen-bond donors (Lipinski definition) is 1. The molecule has 0 radical (unpaired) electrons. The molecule has 1 unspecified atom stereocenters. The van der Waals surface area contributed by atoms with Crippen LogP contribution in [0.1, 0.15) is 26.7 Å². The van der Waals surface area contributed by atoms with Crippen molar-refractivity contribution in [1.82, 2.24) is 5.32 Å². The quantitative estimate of drug-likeness (QED) is 0.916. The third-order valence-electron chi connectivity index (χ3n) is 3.92. The van der Waals surface area contributed by atoms with Crippen molar-refractivity contribution in [1.29, 1.82) is 0 Å². The summed E-state index contributed by atoms with van der Waals surface area (Å²) in [7, 11) is 2.05. The third-order valence-corrected chi connectivity index (χ3v) is 4.59. The van der Waals surface area contributed by atoms with Crippen LogP contribution in [0.15, 0.2) is 28.7 Å². The molecule has 0 aliphatic carbocycles. The van der Waals surface area contributed by atoms with E-state index in [-0.39, 0.29) is 5.54 Å². The van der Waals surface area contributed by atoms with Crippen LogP contribution in [0.2, 0.25) is 0 Å². The fourth-order valence-electron chi connectivity index (χ4n) is 3.11.